The fraction of sp³-hybridized carbons (Fsp3) is 0.541. The Morgan fingerprint density at radius 2 is 1.52 bits per heavy atom. The molecule has 0 saturated heterocycles. The molecule has 4 aromatic rings. The van der Waals surface area contributed by atoms with E-state index >= 15 is 0 Å². The Balaban J connectivity index is 1.80. The van der Waals surface area contributed by atoms with Gasteiger partial charge in [-0.1, -0.05) is 112 Å². The number of hydrogen-bond acceptors (Lipinski definition) is 2. The fourth-order valence-corrected chi connectivity index (χ4v) is 21.8. The summed E-state index contributed by atoms with van der Waals surface area (Å²) in [5, 5.41) is 4.73. The molecule has 3 heteroatoms. The first kappa shape index (κ1) is 29.5. The predicted molar refractivity (Wildman–Crippen MR) is 182 cm³/mol. The average Bonchev–Trinajstić information content (AvgIpc) is 3.25. The molecule has 0 spiro atoms. The number of fused-ring (bicyclic) bond motifs is 2. The first-order valence-corrected chi connectivity index (χ1v) is 18.8. The third kappa shape index (κ3) is 4.70. The van der Waals surface area contributed by atoms with E-state index < -0.39 is 8.07 Å². The quantitative estimate of drug-likeness (QED) is 0.210. The Kier molecular flexibility index (Phi) is 8.13. The smallest absolute Gasteiger partial charge is 0.113 e. The minimum Gasteiger partial charge on any atom is -0.255 e. The molecule has 1 nitrogen and oxygen atoms in total. The number of hydrogen-bond donors (Lipinski definition) is 0. The van der Waals surface area contributed by atoms with Crippen molar-refractivity contribution < 1.29 is 0 Å². The molecule has 1 aliphatic carbocycles. The second-order valence-corrected chi connectivity index (χ2v) is 21.9. The van der Waals surface area contributed by atoms with Crippen LogP contribution in [0, 0.1) is 6.92 Å². The molecule has 214 valence electrons. The summed E-state index contributed by atoms with van der Waals surface area (Å²) in [6.45, 7) is 22.6. The van der Waals surface area contributed by atoms with E-state index in [-0.39, 0.29) is 10.1 Å². The van der Waals surface area contributed by atoms with Crippen LogP contribution < -0.4 is 4.50 Å². The van der Waals surface area contributed by atoms with Gasteiger partial charge < -0.3 is 0 Å². The van der Waals surface area contributed by atoms with Crippen molar-refractivity contribution in [2.24, 2.45) is 0 Å². The van der Waals surface area contributed by atoms with Crippen LogP contribution in [0.3, 0.4) is 0 Å². The van der Waals surface area contributed by atoms with Gasteiger partial charge in [-0.3, -0.25) is 4.98 Å². The highest BCUT2D eigenvalue weighted by atomic mass is 32.1. The van der Waals surface area contributed by atoms with Crippen molar-refractivity contribution in [2.45, 2.75) is 129 Å². The van der Waals surface area contributed by atoms with E-state index in [0.29, 0.717) is 5.92 Å². The number of aromatic nitrogens is 1. The maximum Gasteiger partial charge on any atom is 0.113 e. The van der Waals surface area contributed by atoms with Crippen LogP contribution in [-0.4, -0.2) is 13.1 Å². The third-order valence-electron chi connectivity index (χ3n) is 10.4. The summed E-state index contributed by atoms with van der Waals surface area (Å²) in [7, 11) is -2.02. The number of pyridine rings is 1. The Bertz CT molecular complexity index is 1470. The van der Waals surface area contributed by atoms with Gasteiger partial charge in [0.25, 0.3) is 0 Å². The van der Waals surface area contributed by atoms with Crippen molar-refractivity contribution in [3.63, 3.8) is 0 Å². The van der Waals surface area contributed by atoms with E-state index in [0.717, 1.165) is 18.4 Å². The lowest BCUT2D eigenvalue weighted by Gasteiger charge is -2.57. The minimum absolute atomic E-state index is 0.276. The number of rotatable bonds is 6. The van der Waals surface area contributed by atoms with Crippen molar-refractivity contribution in [3.05, 3.63) is 59.8 Å². The van der Waals surface area contributed by atoms with Gasteiger partial charge >= 0.3 is 0 Å². The van der Waals surface area contributed by atoms with Crippen LogP contribution >= 0.6 is 11.3 Å². The van der Waals surface area contributed by atoms with Gasteiger partial charge in [0.15, 0.2) is 0 Å². The zero-order valence-corrected chi connectivity index (χ0v) is 28.4. The Morgan fingerprint density at radius 1 is 0.875 bits per heavy atom. The number of thiophene rings is 1. The summed E-state index contributed by atoms with van der Waals surface area (Å²) < 4.78 is 3.16. The molecular formula is C37H51NSSi. The second-order valence-electron chi connectivity index (χ2n) is 14.5. The van der Waals surface area contributed by atoms with E-state index in [1.807, 2.05) is 0 Å². The molecule has 5 rings (SSSR count). The van der Waals surface area contributed by atoms with Gasteiger partial charge in [0.05, 0.1) is 10.4 Å². The van der Waals surface area contributed by atoms with Gasteiger partial charge in [-0.05, 0) is 91.3 Å². The lowest BCUT2D eigenvalue weighted by molar-refractivity contribution is 0.461. The molecular weight excluding hydrogens is 519 g/mol. The molecule has 2 aromatic carbocycles. The topological polar surface area (TPSA) is 12.9 Å². The zero-order chi connectivity index (χ0) is 28.9. The van der Waals surface area contributed by atoms with Crippen molar-refractivity contribution in [1.29, 1.82) is 0 Å². The minimum atomic E-state index is -2.02. The van der Waals surface area contributed by atoms with Crippen LogP contribution in [0.1, 0.15) is 117 Å². The zero-order valence-electron chi connectivity index (χ0n) is 26.6. The molecule has 1 fully saturated rings. The first-order chi connectivity index (χ1) is 19.0. The van der Waals surface area contributed by atoms with Crippen molar-refractivity contribution >= 4 is 44.8 Å². The number of nitrogens with zero attached hydrogens (tertiary/aromatic N) is 1. The maximum atomic E-state index is 5.14. The summed E-state index contributed by atoms with van der Waals surface area (Å²) in [4.78, 5) is 5.14. The molecule has 1 aliphatic rings. The Morgan fingerprint density at radius 3 is 2.15 bits per heavy atom. The lowest BCUT2D eigenvalue weighted by atomic mass is 9.87. The standard InChI is InChI=1S/C37H51NSSi/c1-10-26(11-2)32-24-28(23-27-17-15-16-20-31(27)32)33-34-30(21-22-38-33)25(3)35(39-34)40(36(4,5)6,37(7,8)9)29-18-13-12-14-19-29/h15-17,20-24,26,29H,10-14,18-19H2,1-9H3. The lowest BCUT2D eigenvalue weighted by Crippen LogP contribution is -2.64. The largest absolute Gasteiger partial charge is 0.255 e. The Hall–Kier alpha value is -1.97. The second kappa shape index (κ2) is 11.0. The normalized spacial score (nSPS) is 15.9. The predicted octanol–water partition coefficient (Wildman–Crippen LogP) is 11.9. The van der Waals surface area contributed by atoms with Crippen molar-refractivity contribution in [3.8, 4) is 11.3 Å². The molecule has 1 saturated carbocycles. The molecule has 2 aromatic heterocycles. The van der Waals surface area contributed by atoms with Crippen LogP contribution in [-0.2, 0) is 0 Å². The molecule has 0 amide bonds. The molecule has 0 aliphatic heterocycles. The average molecular weight is 570 g/mol. The highest BCUT2D eigenvalue weighted by molar-refractivity contribution is 7.33. The molecule has 2 heterocycles. The van der Waals surface area contributed by atoms with Gasteiger partial charge in [0.2, 0.25) is 0 Å². The molecule has 0 bridgehead atoms. The molecule has 0 atom stereocenters. The molecule has 40 heavy (non-hydrogen) atoms. The Labute approximate surface area is 248 Å². The summed E-state index contributed by atoms with van der Waals surface area (Å²) in [6, 6.07) is 16.2. The summed E-state index contributed by atoms with van der Waals surface area (Å²) in [5.41, 5.74) is 6.35. The van der Waals surface area contributed by atoms with E-state index in [9.17, 15) is 0 Å². The first-order valence-electron chi connectivity index (χ1n) is 15.9. The van der Waals surface area contributed by atoms with E-state index in [2.05, 4.69) is 122 Å². The van der Waals surface area contributed by atoms with Crippen LogP contribution in [0.2, 0.25) is 15.6 Å². The highest BCUT2D eigenvalue weighted by Gasteiger charge is 2.59. The summed E-state index contributed by atoms with van der Waals surface area (Å²) in [5.74, 6) is 0.567. The van der Waals surface area contributed by atoms with Crippen molar-refractivity contribution in [1.82, 2.24) is 4.98 Å². The van der Waals surface area contributed by atoms with Gasteiger partial charge in [-0.2, -0.15) is 0 Å². The number of benzene rings is 2. The van der Waals surface area contributed by atoms with Crippen LogP contribution in [0.5, 0.6) is 0 Å². The van der Waals surface area contributed by atoms with Crippen molar-refractivity contribution in [2.75, 3.05) is 0 Å². The summed E-state index contributed by atoms with van der Waals surface area (Å²) in [6.07, 6.45) is 11.4. The van der Waals surface area contributed by atoms with Gasteiger partial charge in [-0.25, -0.2) is 0 Å². The van der Waals surface area contributed by atoms with Crippen LogP contribution in [0.25, 0.3) is 32.1 Å². The SMILES string of the molecule is CCC(CC)c1cc(-c2nccc3c(C)c([Si](C4CCCCC4)(C(C)(C)C)C(C)(C)C)sc23)cc2ccccc12. The summed E-state index contributed by atoms with van der Waals surface area (Å²) >= 11 is 2.13. The van der Waals surface area contributed by atoms with E-state index in [4.69, 9.17) is 4.98 Å². The molecule has 0 N–H and O–H groups in total. The third-order valence-corrected chi connectivity index (χ3v) is 20.4. The van der Waals surface area contributed by atoms with Crippen LogP contribution in [0.15, 0.2) is 48.7 Å². The number of aryl methyl sites for hydroxylation is 1. The monoisotopic (exact) mass is 569 g/mol. The van der Waals surface area contributed by atoms with Gasteiger partial charge in [-0.15, -0.1) is 11.3 Å². The maximum absolute atomic E-state index is 5.14. The van der Waals surface area contributed by atoms with Gasteiger partial charge in [0.1, 0.15) is 8.07 Å². The molecule has 0 radical (unpaired) electrons. The van der Waals surface area contributed by atoms with Gasteiger partial charge in [0, 0.05) is 11.8 Å². The fourth-order valence-electron chi connectivity index (χ4n) is 9.02. The van der Waals surface area contributed by atoms with E-state index in [1.54, 1.807) is 10.1 Å². The molecule has 0 unspecified atom stereocenters. The highest BCUT2D eigenvalue weighted by Crippen LogP contribution is 2.61. The van der Waals surface area contributed by atoms with E-state index in [1.165, 1.54) is 69.8 Å². The van der Waals surface area contributed by atoms with Crippen LogP contribution in [0.4, 0.5) is 0 Å².